The quantitative estimate of drug-likeness (QED) is 0.616. The average Bonchev–Trinajstić information content (AvgIpc) is 2.47. The van der Waals surface area contributed by atoms with Gasteiger partial charge < -0.3 is 4.57 Å². The molecule has 0 bridgehead atoms. The number of rotatable bonds is 4. The summed E-state index contributed by atoms with van der Waals surface area (Å²) in [5.41, 5.74) is -0.528. The van der Waals surface area contributed by atoms with Crippen LogP contribution in [-0.4, -0.2) is 10.3 Å². The Morgan fingerprint density at radius 3 is 2.68 bits per heavy atom. The molecule has 0 atom stereocenters. The van der Waals surface area contributed by atoms with Crippen LogP contribution < -0.4 is 5.43 Å². The van der Waals surface area contributed by atoms with Crippen LogP contribution in [0.4, 0.5) is 13.2 Å². The predicted molar refractivity (Wildman–Crippen MR) is 83.0 cm³/mol. The summed E-state index contributed by atoms with van der Waals surface area (Å²) in [6.07, 6.45) is 0.431. The summed E-state index contributed by atoms with van der Waals surface area (Å²) in [6, 6.07) is 4.80. The number of benzene rings is 1. The van der Waals surface area contributed by atoms with Crippen LogP contribution in [0.2, 0.25) is 0 Å². The van der Waals surface area contributed by atoms with Crippen molar-refractivity contribution in [2.75, 3.05) is 5.75 Å². The molecule has 0 fully saturated rings. The maximum absolute atomic E-state index is 12.8. The highest BCUT2D eigenvalue weighted by Crippen LogP contribution is 2.31. The van der Waals surface area contributed by atoms with Gasteiger partial charge in [-0.3, -0.25) is 4.79 Å². The second-order valence-electron chi connectivity index (χ2n) is 4.71. The molecule has 0 aliphatic rings. The molecule has 0 aliphatic carbocycles. The maximum Gasteiger partial charge on any atom is 0.416 e. The van der Waals surface area contributed by atoms with Crippen molar-refractivity contribution < 1.29 is 13.2 Å². The highest BCUT2D eigenvalue weighted by Gasteiger charge is 2.30. The molecule has 2 nitrogen and oxygen atoms in total. The van der Waals surface area contributed by atoms with E-state index in [1.807, 2.05) is 0 Å². The van der Waals surface area contributed by atoms with E-state index in [1.54, 1.807) is 23.9 Å². The largest absolute Gasteiger partial charge is 0.416 e. The molecule has 1 aromatic carbocycles. The molecule has 2 rings (SSSR count). The van der Waals surface area contributed by atoms with Gasteiger partial charge in [-0.1, -0.05) is 18.2 Å². The summed E-state index contributed by atoms with van der Waals surface area (Å²) >= 11 is 1.31. The summed E-state index contributed by atoms with van der Waals surface area (Å²) in [5.74, 6) is 0.557. The zero-order valence-electron chi connectivity index (χ0n) is 11.9. The average molecular weight is 325 g/mol. The van der Waals surface area contributed by atoms with Gasteiger partial charge in [0.25, 0.3) is 0 Å². The second kappa shape index (κ2) is 6.44. The molecule has 0 saturated heterocycles. The van der Waals surface area contributed by atoms with Gasteiger partial charge in [-0.15, -0.1) is 18.3 Å². The highest BCUT2D eigenvalue weighted by atomic mass is 32.2. The summed E-state index contributed by atoms with van der Waals surface area (Å²) in [5, 5.41) is 0. The van der Waals surface area contributed by atoms with Crippen molar-refractivity contribution in [2.45, 2.75) is 11.1 Å². The number of hydrogen-bond acceptors (Lipinski definition) is 2. The first-order valence-corrected chi connectivity index (χ1v) is 7.43. The van der Waals surface area contributed by atoms with Crippen molar-refractivity contribution >= 4 is 11.8 Å². The number of hydrogen-bond donors (Lipinski definition) is 0. The van der Waals surface area contributed by atoms with Crippen LogP contribution in [0.5, 0.6) is 0 Å². The van der Waals surface area contributed by atoms with Gasteiger partial charge in [0.1, 0.15) is 0 Å². The second-order valence-corrected chi connectivity index (χ2v) is 5.77. The van der Waals surface area contributed by atoms with Crippen molar-refractivity contribution in [1.82, 2.24) is 4.57 Å². The van der Waals surface area contributed by atoms with E-state index in [9.17, 15) is 18.0 Å². The fraction of sp³-hybridized carbons (Fsp3) is 0.188. The van der Waals surface area contributed by atoms with Crippen LogP contribution in [0.15, 0.2) is 59.0 Å². The Hall–Kier alpha value is -1.95. The molecule has 116 valence electrons. The Morgan fingerprint density at radius 1 is 1.32 bits per heavy atom. The minimum absolute atomic E-state index is 0.252. The van der Waals surface area contributed by atoms with Crippen LogP contribution in [0.3, 0.4) is 0 Å². The van der Waals surface area contributed by atoms with Crippen LogP contribution in [0.25, 0.3) is 11.1 Å². The predicted octanol–water partition coefficient (Wildman–Crippen LogP) is 4.35. The zero-order valence-corrected chi connectivity index (χ0v) is 12.7. The van der Waals surface area contributed by atoms with Gasteiger partial charge in [-0.25, -0.2) is 0 Å². The van der Waals surface area contributed by atoms with Crippen molar-refractivity contribution in [1.29, 1.82) is 0 Å². The van der Waals surface area contributed by atoms with Crippen molar-refractivity contribution in [3.63, 3.8) is 0 Å². The lowest BCUT2D eigenvalue weighted by atomic mass is 10.0. The molecule has 22 heavy (non-hydrogen) atoms. The van der Waals surface area contributed by atoms with Crippen LogP contribution in [-0.2, 0) is 13.2 Å². The molecule has 0 N–H and O–H groups in total. The molecular formula is C16H14F3NOS. The van der Waals surface area contributed by atoms with Crippen LogP contribution in [0.1, 0.15) is 5.56 Å². The summed E-state index contributed by atoms with van der Waals surface area (Å²) < 4.78 is 40.1. The smallest absolute Gasteiger partial charge is 0.355 e. The van der Waals surface area contributed by atoms with Crippen molar-refractivity contribution in [3.05, 3.63) is 65.1 Å². The van der Waals surface area contributed by atoms with E-state index in [0.29, 0.717) is 10.6 Å². The summed E-state index contributed by atoms with van der Waals surface area (Å²) in [4.78, 5) is 12.9. The van der Waals surface area contributed by atoms with Gasteiger partial charge in [0.2, 0.25) is 5.43 Å². The lowest BCUT2D eigenvalue weighted by Crippen LogP contribution is -2.12. The van der Waals surface area contributed by atoms with E-state index in [2.05, 4.69) is 6.58 Å². The molecule has 2 aromatic rings. The number of alkyl halides is 3. The van der Waals surface area contributed by atoms with Gasteiger partial charge in [0.15, 0.2) is 0 Å². The van der Waals surface area contributed by atoms with E-state index in [0.717, 1.165) is 12.1 Å². The highest BCUT2D eigenvalue weighted by molar-refractivity contribution is 7.99. The number of thioether (sulfide) groups is 1. The third kappa shape index (κ3) is 3.62. The Kier molecular flexibility index (Phi) is 4.81. The van der Waals surface area contributed by atoms with Crippen molar-refractivity contribution in [3.8, 4) is 11.1 Å². The lowest BCUT2D eigenvalue weighted by Gasteiger charge is -2.11. The Labute approximate surface area is 130 Å². The minimum Gasteiger partial charge on any atom is -0.355 e. The number of aromatic nitrogens is 1. The molecule has 0 amide bonds. The molecule has 1 aromatic heterocycles. The third-order valence-electron chi connectivity index (χ3n) is 2.98. The van der Waals surface area contributed by atoms with E-state index >= 15 is 0 Å². The number of halogens is 3. The van der Waals surface area contributed by atoms with Crippen molar-refractivity contribution in [2.24, 2.45) is 7.05 Å². The van der Waals surface area contributed by atoms with Gasteiger partial charge in [-0.2, -0.15) is 13.2 Å². The molecule has 0 saturated carbocycles. The summed E-state index contributed by atoms with van der Waals surface area (Å²) in [7, 11) is 1.73. The zero-order chi connectivity index (χ0) is 16.3. The van der Waals surface area contributed by atoms with Gasteiger partial charge in [0, 0.05) is 30.8 Å². The third-order valence-corrected chi connectivity index (χ3v) is 3.98. The fourth-order valence-electron chi connectivity index (χ4n) is 2.00. The van der Waals surface area contributed by atoms with E-state index < -0.39 is 11.7 Å². The van der Waals surface area contributed by atoms with Crippen LogP contribution >= 0.6 is 11.8 Å². The van der Waals surface area contributed by atoms with Gasteiger partial charge >= 0.3 is 6.18 Å². The SMILES string of the molecule is C=CCSc1cn(C)cc(-c2cccc(C(F)(F)F)c2)c1=O. The molecule has 0 spiro atoms. The normalized spacial score (nSPS) is 11.5. The topological polar surface area (TPSA) is 22.0 Å². The molecule has 0 unspecified atom stereocenters. The van der Waals surface area contributed by atoms with Gasteiger partial charge in [-0.05, 0) is 17.7 Å². The number of aryl methyl sites for hydroxylation is 1. The first-order chi connectivity index (χ1) is 10.3. The standard InChI is InChI=1S/C16H14F3NOS/c1-3-7-22-14-10-20(2)9-13(15(14)21)11-5-4-6-12(8-11)16(17,18)19/h3-6,8-10H,1,7H2,2H3. The van der Waals surface area contributed by atoms with Crippen LogP contribution in [0, 0.1) is 0 Å². The number of pyridine rings is 1. The Balaban J connectivity index is 2.55. The first kappa shape index (κ1) is 16.4. The lowest BCUT2D eigenvalue weighted by molar-refractivity contribution is -0.137. The minimum atomic E-state index is -4.43. The molecule has 6 heteroatoms. The maximum atomic E-state index is 12.8. The molecular weight excluding hydrogens is 311 g/mol. The Morgan fingerprint density at radius 2 is 2.05 bits per heavy atom. The molecule has 1 heterocycles. The Bertz CT molecular complexity index is 750. The fourth-order valence-corrected chi connectivity index (χ4v) is 2.78. The summed E-state index contributed by atoms with van der Waals surface area (Å²) in [6.45, 7) is 3.59. The van der Waals surface area contributed by atoms with E-state index in [-0.39, 0.29) is 16.6 Å². The number of nitrogens with zero attached hydrogens (tertiary/aromatic N) is 1. The monoisotopic (exact) mass is 325 g/mol. The first-order valence-electron chi connectivity index (χ1n) is 6.44. The molecule has 0 radical (unpaired) electrons. The van der Waals surface area contributed by atoms with E-state index in [4.69, 9.17) is 0 Å². The van der Waals surface area contributed by atoms with Gasteiger partial charge in [0.05, 0.1) is 10.5 Å². The van der Waals surface area contributed by atoms with E-state index in [1.165, 1.54) is 30.1 Å². The molecule has 0 aliphatic heterocycles.